The van der Waals surface area contributed by atoms with Crippen molar-refractivity contribution in [2.45, 2.75) is 19.9 Å². The lowest BCUT2D eigenvalue weighted by molar-refractivity contribution is -0.150. The zero-order chi connectivity index (χ0) is 21.3. The molecule has 1 amide bonds. The molecule has 0 aliphatic heterocycles. The van der Waals surface area contributed by atoms with Crippen LogP contribution < -0.4 is 10.1 Å². The normalized spacial score (nSPS) is 10.5. The first-order chi connectivity index (χ1) is 14.5. The Balaban J connectivity index is 1.55. The summed E-state index contributed by atoms with van der Waals surface area (Å²) in [6.07, 6.45) is 0. The van der Waals surface area contributed by atoms with Crippen LogP contribution in [0, 0.1) is 13.8 Å². The fraction of sp³-hybridized carbons (Fsp3) is 0.200. The van der Waals surface area contributed by atoms with E-state index >= 15 is 0 Å². The molecule has 0 unspecified atom stereocenters. The smallest absolute Gasteiger partial charge is 0.344 e. The van der Waals surface area contributed by atoms with E-state index in [4.69, 9.17) is 9.47 Å². The summed E-state index contributed by atoms with van der Waals surface area (Å²) in [5.74, 6) is -0.348. The minimum Gasteiger partial charge on any atom is -0.482 e. The van der Waals surface area contributed by atoms with Crippen molar-refractivity contribution in [2.75, 3.05) is 13.2 Å². The van der Waals surface area contributed by atoms with Crippen LogP contribution in [0.15, 0.2) is 78.9 Å². The van der Waals surface area contributed by atoms with Crippen molar-refractivity contribution >= 4 is 11.9 Å². The van der Waals surface area contributed by atoms with E-state index in [1.54, 1.807) is 6.07 Å². The Labute approximate surface area is 176 Å². The fourth-order valence-electron chi connectivity index (χ4n) is 3.06. The zero-order valence-corrected chi connectivity index (χ0v) is 17.1. The quantitative estimate of drug-likeness (QED) is 0.575. The molecule has 0 heterocycles. The molecule has 30 heavy (non-hydrogen) atoms. The van der Waals surface area contributed by atoms with Gasteiger partial charge >= 0.3 is 5.97 Å². The van der Waals surface area contributed by atoms with Gasteiger partial charge < -0.3 is 14.8 Å². The molecule has 0 aliphatic rings. The van der Waals surface area contributed by atoms with Crippen LogP contribution in [0.4, 0.5) is 0 Å². The number of ether oxygens (including phenoxy) is 2. The van der Waals surface area contributed by atoms with Gasteiger partial charge in [-0.3, -0.25) is 4.79 Å². The topological polar surface area (TPSA) is 64.6 Å². The van der Waals surface area contributed by atoms with Gasteiger partial charge in [0.2, 0.25) is 0 Å². The first-order valence-electron chi connectivity index (χ1n) is 9.78. The number of hydrogen-bond acceptors (Lipinski definition) is 4. The molecular formula is C25H25NO4. The highest BCUT2D eigenvalue weighted by Crippen LogP contribution is 2.22. The number of amides is 1. The lowest BCUT2D eigenvalue weighted by Gasteiger charge is -2.20. The van der Waals surface area contributed by atoms with Crippen molar-refractivity contribution in [1.82, 2.24) is 5.32 Å². The van der Waals surface area contributed by atoms with E-state index < -0.39 is 5.97 Å². The van der Waals surface area contributed by atoms with E-state index in [2.05, 4.69) is 5.32 Å². The highest BCUT2D eigenvalue weighted by Gasteiger charge is 2.18. The van der Waals surface area contributed by atoms with Crippen molar-refractivity contribution in [1.29, 1.82) is 0 Å². The van der Waals surface area contributed by atoms with Crippen molar-refractivity contribution in [3.05, 3.63) is 101 Å². The zero-order valence-electron chi connectivity index (χ0n) is 17.1. The average molecular weight is 403 g/mol. The molecule has 3 aromatic carbocycles. The van der Waals surface area contributed by atoms with Crippen molar-refractivity contribution in [2.24, 2.45) is 0 Å². The Morgan fingerprint density at radius 3 is 2.00 bits per heavy atom. The molecule has 0 fully saturated rings. The third-order valence-electron chi connectivity index (χ3n) is 4.84. The monoisotopic (exact) mass is 403 g/mol. The minimum atomic E-state index is -0.595. The van der Waals surface area contributed by atoms with Crippen LogP contribution in [0.25, 0.3) is 0 Å². The molecule has 1 N–H and O–H groups in total. The summed E-state index contributed by atoms with van der Waals surface area (Å²) in [4.78, 5) is 24.5. The molecule has 3 rings (SSSR count). The minimum absolute atomic E-state index is 0.252. The van der Waals surface area contributed by atoms with Gasteiger partial charge in [0.1, 0.15) is 5.75 Å². The largest absolute Gasteiger partial charge is 0.482 e. The molecule has 0 spiro atoms. The maximum Gasteiger partial charge on any atom is 0.344 e. The molecular weight excluding hydrogens is 378 g/mol. The Morgan fingerprint density at radius 2 is 1.40 bits per heavy atom. The molecule has 3 aromatic rings. The molecule has 0 saturated carbocycles. The molecule has 0 radical (unpaired) electrons. The number of hydrogen-bond donors (Lipinski definition) is 1. The molecule has 5 nitrogen and oxygen atoms in total. The number of carbonyl (C=O) groups excluding carboxylic acids is 2. The predicted molar refractivity (Wildman–Crippen MR) is 115 cm³/mol. The molecule has 0 aliphatic carbocycles. The van der Waals surface area contributed by atoms with Gasteiger partial charge in [-0.25, -0.2) is 4.79 Å². The van der Waals surface area contributed by atoms with E-state index in [1.807, 2.05) is 86.6 Å². The molecule has 0 bridgehead atoms. The summed E-state index contributed by atoms with van der Waals surface area (Å²) in [6, 6.07) is 24.6. The van der Waals surface area contributed by atoms with Gasteiger partial charge in [-0.2, -0.15) is 0 Å². The maximum absolute atomic E-state index is 12.4. The molecule has 0 aromatic heterocycles. The standard InChI is InChI=1S/C25H25NO4/c1-18-10-9-15-22(19(18)2)29-17-24(28)30-16-23(27)26-25(20-11-5-3-6-12-20)21-13-7-4-8-14-21/h3-15,25H,16-17H2,1-2H3,(H,26,27). The van der Waals surface area contributed by atoms with E-state index in [1.165, 1.54) is 0 Å². The highest BCUT2D eigenvalue weighted by atomic mass is 16.6. The van der Waals surface area contributed by atoms with Gasteiger partial charge in [0.05, 0.1) is 6.04 Å². The van der Waals surface area contributed by atoms with Gasteiger partial charge in [-0.1, -0.05) is 72.8 Å². The molecule has 154 valence electrons. The maximum atomic E-state index is 12.4. The average Bonchev–Trinajstić information content (AvgIpc) is 2.78. The number of benzene rings is 3. The van der Waals surface area contributed by atoms with Crippen LogP contribution >= 0.6 is 0 Å². The van der Waals surface area contributed by atoms with Crippen LogP contribution in [0.5, 0.6) is 5.75 Å². The van der Waals surface area contributed by atoms with E-state index in [-0.39, 0.29) is 25.2 Å². The summed E-state index contributed by atoms with van der Waals surface area (Å²) in [5.41, 5.74) is 3.94. The second-order valence-electron chi connectivity index (χ2n) is 6.97. The molecule has 5 heteroatoms. The Kier molecular flexibility index (Phi) is 7.22. The summed E-state index contributed by atoms with van der Waals surface area (Å²) < 4.78 is 10.6. The first-order valence-corrected chi connectivity index (χ1v) is 9.78. The second-order valence-corrected chi connectivity index (χ2v) is 6.97. The number of nitrogens with one attached hydrogen (secondary N) is 1. The Hall–Kier alpha value is -3.60. The summed E-state index contributed by atoms with van der Waals surface area (Å²) >= 11 is 0. The van der Waals surface area contributed by atoms with Crippen molar-refractivity contribution in [3.63, 3.8) is 0 Å². The van der Waals surface area contributed by atoms with Crippen LogP contribution in [0.3, 0.4) is 0 Å². The van der Waals surface area contributed by atoms with Gasteiger partial charge in [0, 0.05) is 0 Å². The first kappa shape index (κ1) is 21.1. The van der Waals surface area contributed by atoms with E-state index in [0.717, 1.165) is 22.3 Å². The van der Waals surface area contributed by atoms with Crippen LogP contribution in [0.1, 0.15) is 28.3 Å². The lowest BCUT2D eigenvalue weighted by Crippen LogP contribution is -2.33. The Morgan fingerprint density at radius 1 is 0.800 bits per heavy atom. The number of carbonyl (C=O) groups is 2. The highest BCUT2D eigenvalue weighted by molar-refractivity contribution is 5.81. The van der Waals surface area contributed by atoms with E-state index in [0.29, 0.717) is 5.75 Å². The second kappa shape index (κ2) is 10.3. The fourth-order valence-corrected chi connectivity index (χ4v) is 3.06. The summed E-state index contributed by atoms with van der Waals surface area (Å²) in [6.45, 7) is 3.28. The number of rotatable bonds is 8. The lowest BCUT2D eigenvalue weighted by atomic mass is 9.99. The predicted octanol–water partition coefficient (Wildman–Crippen LogP) is 4.13. The number of esters is 1. The molecule has 0 atom stereocenters. The van der Waals surface area contributed by atoms with Crippen molar-refractivity contribution < 1.29 is 19.1 Å². The van der Waals surface area contributed by atoms with Gasteiger partial charge in [-0.05, 0) is 42.2 Å². The van der Waals surface area contributed by atoms with Gasteiger partial charge in [0.25, 0.3) is 5.91 Å². The third-order valence-corrected chi connectivity index (χ3v) is 4.84. The van der Waals surface area contributed by atoms with Gasteiger partial charge in [0.15, 0.2) is 13.2 Å². The summed E-state index contributed by atoms with van der Waals surface area (Å²) in [5, 5.41) is 2.94. The SMILES string of the molecule is Cc1cccc(OCC(=O)OCC(=O)NC(c2ccccc2)c2ccccc2)c1C. The van der Waals surface area contributed by atoms with Crippen LogP contribution in [0.2, 0.25) is 0 Å². The third kappa shape index (κ3) is 5.70. The summed E-state index contributed by atoms with van der Waals surface area (Å²) in [7, 11) is 0. The van der Waals surface area contributed by atoms with E-state index in [9.17, 15) is 9.59 Å². The van der Waals surface area contributed by atoms with Crippen LogP contribution in [-0.4, -0.2) is 25.1 Å². The van der Waals surface area contributed by atoms with Crippen LogP contribution in [-0.2, 0) is 14.3 Å². The molecule has 0 saturated heterocycles. The number of aryl methyl sites for hydroxylation is 1. The van der Waals surface area contributed by atoms with Crippen molar-refractivity contribution in [3.8, 4) is 5.75 Å². The Bertz CT molecular complexity index is 947. The van der Waals surface area contributed by atoms with Gasteiger partial charge in [-0.15, -0.1) is 0 Å².